The summed E-state index contributed by atoms with van der Waals surface area (Å²) in [5.74, 6) is 0.126. The van der Waals surface area contributed by atoms with Crippen LogP contribution < -0.4 is 10.6 Å². The van der Waals surface area contributed by atoms with E-state index in [-0.39, 0.29) is 17.7 Å². The Balaban J connectivity index is 1.98. The summed E-state index contributed by atoms with van der Waals surface area (Å²) < 4.78 is 0. The van der Waals surface area contributed by atoms with Crippen molar-refractivity contribution in [2.45, 2.75) is 39.5 Å². The summed E-state index contributed by atoms with van der Waals surface area (Å²) in [6, 6.07) is 17.0. The van der Waals surface area contributed by atoms with Gasteiger partial charge in [-0.3, -0.25) is 9.59 Å². The lowest BCUT2D eigenvalue weighted by molar-refractivity contribution is -0.118. The molecule has 0 aliphatic rings. The topological polar surface area (TPSA) is 58.2 Å². The molecule has 0 radical (unpaired) electrons. The maximum Gasteiger partial charge on any atom is 0.231 e. The number of anilines is 2. The molecule has 0 aliphatic carbocycles. The Morgan fingerprint density at radius 3 is 1.96 bits per heavy atom. The van der Waals surface area contributed by atoms with E-state index in [1.165, 1.54) is 0 Å². The Hall–Kier alpha value is -2.62. The van der Waals surface area contributed by atoms with Crippen molar-refractivity contribution < 1.29 is 9.59 Å². The fourth-order valence-electron chi connectivity index (χ4n) is 2.71. The van der Waals surface area contributed by atoms with Gasteiger partial charge in [-0.25, -0.2) is 0 Å². The smallest absolute Gasteiger partial charge is 0.231 e. The number of nitrogens with one attached hydrogen (secondary N) is 2. The van der Waals surface area contributed by atoms with Crippen LogP contribution in [0.5, 0.6) is 0 Å². The van der Waals surface area contributed by atoms with Gasteiger partial charge in [-0.15, -0.1) is 0 Å². The SMILES string of the molecule is CCC(C(=O)Nc1ccc(NC(=O)CC(C)C)cc1)c1ccccc1. The first-order chi connectivity index (χ1) is 12.0. The minimum atomic E-state index is -0.174. The monoisotopic (exact) mass is 338 g/mol. The van der Waals surface area contributed by atoms with Crippen LogP contribution in [0, 0.1) is 5.92 Å². The first-order valence-corrected chi connectivity index (χ1v) is 8.75. The second-order valence-electron chi connectivity index (χ2n) is 6.58. The molecule has 0 aromatic heterocycles. The van der Waals surface area contributed by atoms with Crippen molar-refractivity contribution in [1.82, 2.24) is 0 Å². The lowest BCUT2D eigenvalue weighted by atomic mass is 9.95. The highest BCUT2D eigenvalue weighted by atomic mass is 16.2. The number of hydrogen-bond donors (Lipinski definition) is 2. The molecule has 0 aliphatic heterocycles. The Morgan fingerprint density at radius 2 is 1.44 bits per heavy atom. The van der Waals surface area contributed by atoms with E-state index in [4.69, 9.17) is 0 Å². The van der Waals surface area contributed by atoms with E-state index in [9.17, 15) is 9.59 Å². The molecule has 2 aromatic carbocycles. The number of carbonyl (C=O) groups excluding carboxylic acids is 2. The van der Waals surface area contributed by atoms with Gasteiger partial charge in [0.25, 0.3) is 0 Å². The van der Waals surface area contributed by atoms with E-state index in [2.05, 4.69) is 10.6 Å². The molecule has 4 nitrogen and oxygen atoms in total. The Morgan fingerprint density at radius 1 is 0.880 bits per heavy atom. The Bertz CT molecular complexity index is 694. The summed E-state index contributed by atoms with van der Waals surface area (Å²) in [6.45, 7) is 6.02. The van der Waals surface area contributed by atoms with Gasteiger partial charge in [0, 0.05) is 17.8 Å². The van der Waals surface area contributed by atoms with E-state index in [0.29, 0.717) is 12.3 Å². The van der Waals surface area contributed by atoms with Crippen molar-refractivity contribution in [2.75, 3.05) is 10.6 Å². The van der Waals surface area contributed by atoms with E-state index in [1.54, 1.807) is 24.3 Å². The molecule has 2 N–H and O–H groups in total. The van der Waals surface area contributed by atoms with Crippen molar-refractivity contribution in [3.63, 3.8) is 0 Å². The third-order valence-electron chi connectivity index (χ3n) is 3.96. The highest BCUT2D eigenvalue weighted by molar-refractivity contribution is 5.96. The van der Waals surface area contributed by atoms with E-state index in [1.807, 2.05) is 51.1 Å². The van der Waals surface area contributed by atoms with Crippen LogP contribution in [0.1, 0.15) is 45.1 Å². The molecule has 2 rings (SSSR count). The van der Waals surface area contributed by atoms with Gasteiger partial charge >= 0.3 is 0 Å². The third-order valence-corrected chi connectivity index (χ3v) is 3.96. The van der Waals surface area contributed by atoms with E-state index < -0.39 is 0 Å². The minimum Gasteiger partial charge on any atom is -0.326 e. The standard InChI is InChI=1S/C21H26N2O2/c1-4-19(16-8-6-5-7-9-16)21(25)23-18-12-10-17(11-13-18)22-20(24)14-15(2)3/h5-13,15,19H,4,14H2,1-3H3,(H,22,24)(H,23,25). The second-order valence-corrected chi connectivity index (χ2v) is 6.58. The van der Waals surface area contributed by atoms with Crippen molar-refractivity contribution in [3.05, 3.63) is 60.2 Å². The molecule has 1 atom stereocenters. The average molecular weight is 338 g/mol. The number of carbonyl (C=O) groups is 2. The summed E-state index contributed by atoms with van der Waals surface area (Å²) in [5, 5.41) is 5.81. The molecule has 0 bridgehead atoms. The van der Waals surface area contributed by atoms with Crippen LogP contribution >= 0.6 is 0 Å². The lowest BCUT2D eigenvalue weighted by Gasteiger charge is -2.15. The van der Waals surface area contributed by atoms with Crippen LogP contribution in [-0.2, 0) is 9.59 Å². The minimum absolute atomic E-state index is 0.00177. The fraction of sp³-hybridized carbons (Fsp3) is 0.333. The summed E-state index contributed by atoms with van der Waals surface area (Å²) in [4.78, 5) is 24.3. The number of benzene rings is 2. The summed E-state index contributed by atoms with van der Waals surface area (Å²) in [6.07, 6.45) is 1.23. The van der Waals surface area contributed by atoms with Crippen molar-refractivity contribution in [2.24, 2.45) is 5.92 Å². The predicted molar refractivity (Wildman–Crippen MR) is 103 cm³/mol. The largest absolute Gasteiger partial charge is 0.326 e. The quantitative estimate of drug-likeness (QED) is 0.761. The zero-order valence-electron chi connectivity index (χ0n) is 15.1. The first-order valence-electron chi connectivity index (χ1n) is 8.75. The van der Waals surface area contributed by atoms with Crippen LogP contribution in [-0.4, -0.2) is 11.8 Å². The molecule has 0 saturated heterocycles. The molecule has 4 heteroatoms. The number of hydrogen-bond acceptors (Lipinski definition) is 2. The van der Waals surface area contributed by atoms with Gasteiger partial charge in [-0.2, -0.15) is 0 Å². The third kappa shape index (κ3) is 5.75. The molecule has 132 valence electrons. The van der Waals surface area contributed by atoms with E-state index >= 15 is 0 Å². The fourth-order valence-corrected chi connectivity index (χ4v) is 2.71. The van der Waals surface area contributed by atoms with Crippen molar-refractivity contribution >= 4 is 23.2 Å². The zero-order valence-corrected chi connectivity index (χ0v) is 15.1. The van der Waals surface area contributed by atoms with Crippen molar-refractivity contribution in [3.8, 4) is 0 Å². The molecule has 0 saturated carbocycles. The molecule has 25 heavy (non-hydrogen) atoms. The van der Waals surface area contributed by atoms with Crippen LogP contribution in [0.2, 0.25) is 0 Å². The zero-order chi connectivity index (χ0) is 18.2. The summed E-state index contributed by atoms with van der Waals surface area (Å²) >= 11 is 0. The van der Waals surface area contributed by atoms with Gasteiger partial charge in [-0.1, -0.05) is 51.1 Å². The van der Waals surface area contributed by atoms with Crippen LogP contribution in [0.3, 0.4) is 0 Å². The first kappa shape index (κ1) is 18.7. The molecular weight excluding hydrogens is 312 g/mol. The maximum atomic E-state index is 12.5. The van der Waals surface area contributed by atoms with Gasteiger partial charge in [0.15, 0.2) is 0 Å². The Labute approximate surface area is 149 Å². The highest BCUT2D eigenvalue weighted by Crippen LogP contribution is 2.22. The molecular formula is C21H26N2O2. The van der Waals surface area contributed by atoms with Gasteiger partial charge < -0.3 is 10.6 Å². The van der Waals surface area contributed by atoms with Crippen LogP contribution in [0.25, 0.3) is 0 Å². The molecule has 2 aromatic rings. The predicted octanol–water partition coefficient (Wildman–Crippen LogP) is 4.80. The molecule has 1 unspecified atom stereocenters. The normalized spacial score (nSPS) is 11.8. The summed E-state index contributed by atoms with van der Waals surface area (Å²) in [7, 11) is 0. The lowest BCUT2D eigenvalue weighted by Crippen LogP contribution is -2.20. The van der Waals surface area contributed by atoms with Crippen molar-refractivity contribution in [1.29, 1.82) is 0 Å². The molecule has 2 amide bonds. The number of rotatable bonds is 7. The van der Waals surface area contributed by atoms with Crippen LogP contribution in [0.15, 0.2) is 54.6 Å². The van der Waals surface area contributed by atoms with Gasteiger partial charge in [0.2, 0.25) is 11.8 Å². The van der Waals surface area contributed by atoms with Gasteiger partial charge in [-0.05, 0) is 42.2 Å². The average Bonchev–Trinajstić information content (AvgIpc) is 2.57. The molecule has 0 heterocycles. The van der Waals surface area contributed by atoms with E-state index in [0.717, 1.165) is 23.4 Å². The highest BCUT2D eigenvalue weighted by Gasteiger charge is 2.18. The molecule has 0 fully saturated rings. The van der Waals surface area contributed by atoms with Crippen LogP contribution in [0.4, 0.5) is 11.4 Å². The Kier molecular flexibility index (Phi) is 6.75. The molecule has 0 spiro atoms. The number of amides is 2. The van der Waals surface area contributed by atoms with Gasteiger partial charge in [0.1, 0.15) is 0 Å². The maximum absolute atomic E-state index is 12.5. The summed E-state index contributed by atoms with van der Waals surface area (Å²) in [5.41, 5.74) is 2.47. The second kappa shape index (κ2) is 9.02. The van der Waals surface area contributed by atoms with Gasteiger partial charge in [0.05, 0.1) is 5.92 Å².